The van der Waals surface area contributed by atoms with Crippen LogP contribution in [0.2, 0.25) is 0 Å². The molecule has 0 heterocycles. The smallest absolute Gasteiger partial charge is 0.313 e. The summed E-state index contributed by atoms with van der Waals surface area (Å²) in [6, 6.07) is 14.3. The summed E-state index contributed by atoms with van der Waals surface area (Å²) in [6.07, 6.45) is 8.72. The first kappa shape index (κ1) is 28.0. The Morgan fingerprint density at radius 1 is 0.865 bits per heavy atom. The molecule has 2 aliphatic carbocycles. The van der Waals surface area contributed by atoms with E-state index in [4.69, 9.17) is 4.74 Å². The Hall–Kier alpha value is -2.07. The van der Waals surface area contributed by atoms with Crippen molar-refractivity contribution in [1.82, 2.24) is 0 Å². The van der Waals surface area contributed by atoms with Crippen LogP contribution in [0.4, 0.5) is 13.2 Å². The average molecular weight is 513 g/mol. The van der Waals surface area contributed by atoms with E-state index >= 15 is 0 Å². The number of allylic oxidation sites excluding steroid dienone is 1. The number of ether oxygens (including phenoxy) is 1. The van der Waals surface area contributed by atoms with Crippen LogP contribution < -0.4 is 0 Å². The highest BCUT2D eigenvalue weighted by Gasteiger charge is 2.43. The summed E-state index contributed by atoms with van der Waals surface area (Å²) in [7, 11) is 0. The van der Waals surface area contributed by atoms with E-state index in [1.165, 1.54) is 49.8 Å². The van der Waals surface area contributed by atoms with Crippen LogP contribution >= 0.6 is 0 Å². The van der Waals surface area contributed by atoms with Crippen LogP contribution in [0.25, 0.3) is 0 Å². The van der Waals surface area contributed by atoms with Crippen LogP contribution in [-0.2, 0) is 11.3 Å². The SMILES string of the molecule is C=CC1CCC(c2ccc(COC(F)(F)C(F)c3ccc(C4CCC(CCCC)CC4)cc3)cc2)CC1. The Bertz CT molecular complexity index is 952. The van der Waals surface area contributed by atoms with Gasteiger partial charge in [-0.25, -0.2) is 4.39 Å². The molecule has 0 aliphatic heterocycles. The fraction of sp³-hybridized carbons (Fsp3) is 0.576. The second kappa shape index (κ2) is 13.1. The first-order chi connectivity index (χ1) is 17.9. The topological polar surface area (TPSA) is 9.23 Å². The van der Waals surface area contributed by atoms with Crippen LogP contribution in [0.1, 0.15) is 118 Å². The van der Waals surface area contributed by atoms with E-state index in [0.29, 0.717) is 23.3 Å². The third-order valence-corrected chi connectivity index (χ3v) is 8.80. The van der Waals surface area contributed by atoms with E-state index in [1.807, 2.05) is 42.5 Å². The molecule has 2 aliphatic rings. The molecule has 2 aromatic rings. The van der Waals surface area contributed by atoms with E-state index in [0.717, 1.165) is 50.0 Å². The van der Waals surface area contributed by atoms with Crippen molar-refractivity contribution in [2.75, 3.05) is 0 Å². The molecule has 4 heteroatoms. The first-order valence-corrected chi connectivity index (χ1v) is 14.4. The van der Waals surface area contributed by atoms with Crippen LogP contribution in [0, 0.1) is 11.8 Å². The van der Waals surface area contributed by atoms with Gasteiger partial charge in [0.05, 0.1) is 6.61 Å². The van der Waals surface area contributed by atoms with Crippen LogP contribution in [0.3, 0.4) is 0 Å². The highest BCUT2D eigenvalue weighted by Crippen LogP contribution is 2.41. The standard InChI is InChI=1S/C33H43F3O/c1-3-5-6-25-9-15-28(16-10-25)30-19-21-31(22-20-30)32(34)33(35,36)37-23-26-11-17-29(18-12-26)27-13-7-24(4-2)8-14-27/h4,11-12,17-22,24-25,27-28,32H,2-3,5-10,13-16,23H2,1H3. The van der Waals surface area contributed by atoms with E-state index in [9.17, 15) is 13.2 Å². The van der Waals surface area contributed by atoms with Crippen molar-refractivity contribution >= 4 is 0 Å². The van der Waals surface area contributed by atoms with Gasteiger partial charge >= 0.3 is 6.11 Å². The molecule has 0 spiro atoms. The van der Waals surface area contributed by atoms with Gasteiger partial charge in [0.15, 0.2) is 0 Å². The van der Waals surface area contributed by atoms with Gasteiger partial charge in [-0.3, -0.25) is 0 Å². The molecule has 0 aromatic heterocycles. The minimum Gasteiger partial charge on any atom is -0.313 e. The van der Waals surface area contributed by atoms with Gasteiger partial charge in [0.25, 0.3) is 0 Å². The molecule has 4 rings (SSSR count). The molecule has 0 amide bonds. The lowest BCUT2D eigenvalue weighted by atomic mass is 9.77. The maximum absolute atomic E-state index is 14.8. The Balaban J connectivity index is 1.27. The highest BCUT2D eigenvalue weighted by molar-refractivity contribution is 5.28. The van der Waals surface area contributed by atoms with Gasteiger partial charge in [0.1, 0.15) is 0 Å². The van der Waals surface area contributed by atoms with Crippen LogP contribution in [0.15, 0.2) is 61.2 Å². The molecular weight excluding hydrogens is 469 g/mol. The van der Waals surface area contributed by atoms with E-state index in [-0.39, 0.29) is 12.2 Å². The number of benzene rings is 2. The largest absolute Gasteiger partial charge is 0.391 e. The number of alkyl halides is 3. The summed E-state index contributed by atoms with van der Waals surface area (Å²) in [4.78, 5) is 0. The van der Waals surface area contributed by atoms with Crippen molar-refractivity contribution in [3.63, 3.8) is 0 Å². The van der Waals surface area contributed by atoms with Crippen molar-refractivity contribution < 1.29 is 17.9 Å². The Kier molecular flexibility index (Phi) is 9.92. The highest BCUT2D eigenvalue weighted by atomic mass is 19.3. The van der Waals surface area contributed by atoms with Gasteiger partial charge in [-0.1, -0.05) is 80.8 Å². The normalized spacial score (nSPS) is 25.5. The van der Waals surface area contributed by atoms with Crippen molar-refractivity contribution in [1.29, 1.82) is 0 Å². The second-order valence-corrected chi connectivity index (χ2v) is 11.3. The molecular formula is C33H43F3O. The molecule has 1 nitrogen and oxygen atoms in total. The number of hydrogen-bond donors (Lipinski definition) is 0. The Morgan fingerprint density at radius 2 is 1.41 bits per heavy atom. The number of halogens is 3. The second-order valence-electron chi connectivity index (χ2n) is 11.3. The molecule has 0 N–H and O–H groups in total. The molecule has 1 unspecified atom stereocenters. The monoisotopic (exact) mass is 512 g/mol. The number of unbranched alkanes of at least 4 members (excludes halogenated alkanes) is 1. The molecule has 2 fully saturated rings. The summed E-state index contributed by atoms with van der Waals surface area (Å²) in [6.45, 7) is 5.80. The van der Waals surface area contributed by atoms with Gasteiger partial charge in [0.2, 0.25) is 6.17 Å². The molecule has 37 heavy (non-hydrogen) atoms. The maximum atomic E-state index is 14.8. The van der Waals surface area contributed by atoms with Gasteiger partial charge < -0.3 is 4.74 Å². The average Bonchev–Trinajstić information content (AvgIpc) is 2.95. The first-order valence-electron chi connectivity index (χ1n) is 14.4. The predicted molar refractivity (Wildman–Crippen MR) is 146 cm³/mol. The molecule has 0 saturated heterocycles. The maximum Gasteiger partial charge on any atom is 0.391 e. The molecule has 0 bridgehead atoms. The third kappa shape index (κ3) is 7.50. The molecule has 2 saturated carbocycles. The lowest BCUT2D eigenvalue weighted by molar-refractivity contribution is -0.282. The minimum atomic E-state index is -3.89. The summed E-state index contributed by atoms with van der Waals surface area (Å²) in [5.74, 6) is 2.37. The zero-order chi connectivity index (χ0) is 26.3. The quantitative estimate of drug-likeness (QED) is 0.272. The summed E-state index contributed by atoms with van der Waals surface area (Å²) in [5.41, 5.74) is 2.96. The van der Waals surface area contributed by atoms with Crippen molar-refractivity contribution in [3.05, 3.63) is 83.4 Å². The van der Waals surface area contributed by atoms with E-state index in [2.05, 4.69) is 13.5 Å². The molecule has 0 radical (unpaired) electrons. The van der Waals surface area contributed by atoms with Gasteiger partial charge in [-0.2, -0.15) is 8.78 Å². The number of hydrogen-bond acceptors (Lipinski definition) is 1. The predicted octanol–water partition coefficient (Wildman–Crippen LogP) is 10.4. The van der Waals surface area contributed by atoms with Crippen LogP contribution in [-0.4, -0.2) is 6.11 Å². The zero-order valence-corrected chi connectivity index (χ0v) is 22.3. The Labute approximate surface area is 221 Å². The fourth-order valence-electron chi connectivity index (χ4n) is 6.24. The lowest BCUT2D eigenvalue weighted by Gasteiger charge is -2.29. The Morgan fingerprint density at radius 3 is 1.95 bits per heavy atom. The van der Waals surface area contributed by atoms with Gasteiger partial charge in [-0.15, -0.1) is 6.58 Å². The van der Waals surface area contributed by atoms with Gasteiger partial charge in [0, 0.05) is 0 Å². The fourth-order valence-corrected chi connectivity index (χ4v) is 6.24. The zero-order valence-electron chi connectivity index (χ0n) is 22.3. The summed E-state index contributed by atoms with van der Waals surface area (Å²) >= 11 is 0. The minimum absolute atomic E-state index is 0.0316. The summed E-state index contributed by atoms with van der Waals surface area (Å²) in [5, 5.41) is 0. The third-order valence-electron chi connectivity index (χ3n) is 8.80. The van der Waals surface area contributed by atoms with E-state index in [1.54, 1.807) is 0 Å². The molecule has 1 atom stereocenters. The van der Waals surface area contributed by atoms with Gasteiger partial charge in [-0.05, 0) is 97.3 Å². The van der Waals surface area contributed by atoms with Crippen molar-refractivity contribution in [2.24, 2.45) is 11.8 Å². The van der Waals surface area contributed by atoms with Crippen LogP contribution in [0.5, 0.6) is 0 Å². The van der Waals surface area contributed by atoms with Crippen molar-refractivity contribution in [2.45, 2.75) is 108 Å². The summed E-state index contributed by atoms with van der Waals surface area (Å²) < 4.78 is 48.9. The number of rotatable bonds is 11. The molecule has 2 aromatic carbocycles. The van der Waals surface area contributed by atoms with E-state index < -0.39 is 12.3 Å². The molecule has 202 valence electrons. The lowest BCUT2D eigenvalue weighted by Crippen LogP contribution is -2.27. The van der Waals surface area contributed by atoms with Crippen molar-refractivity contribution in [3.8, 4) is 0 Å².